The van der Waals surface area contributed by atoms with E-state index in [1.165, 1.54) is 24.3 Å². The first-order chi connectivity index (χ1) is 21.2. The van der Waals surface area contributed by atoms with Crippen LogP contribution in [-0.4, -0.2) is 23.0 Å². The molecule has 0 unspecified atom stereocenters. The van der Waals surface area contributed by atoms with Gasteiger partial charge < -0.3 is 8.37 Å². The van der Waals surface area contributed by atoms with Gasteiger partial charge in [-0.05, 0) is 89.5 Å². The molecule has 0 amide bonds. The molecule has 0 heterocycles. The predicted molar refractivity (Wildman–Crippen MR) is 154 cm³/mol. The summed E-state index contributed by atoms with van der Waals surface area (Å²) in [5, 5.41) is 0. The maximum Gasteiger partial charge on any atom is 0.406 e. The van der Waals surface area contributed by atoms with E-state index in [9.17, 15) is 25.6 Å². The number of hydrogen-bond donors (Lipinski definition) is 0. The fourth-order valence-corrected chi connectivity index (χ4v) is 6.61. The van der Waals surface area contributed by atoms with Crippen molar-refractivity contribution in [2.24, 2.45) is 0 Å². The highest BCUT2D eigenvalue weighted by molar-refractivity contribution is 7.87. The van der Waals surface area contributed by atoms with Gasteiger partial charge in [0.25, 0.3) is 0 Å². The Morgan fingerprint density at radius 2 is 0.778 bits per heavy atom. The molecule has 0 radical (unpaired) electrons. The summed E-state index contributed by atoms with van der Waals surface area (Å²) in [4.78, 5) is -0.712. The number of halogens is 5. The third kappa shape index (κ3) is 6.40. The Morgan fingerprint density at radius 1 is 0.444 bits per heavy atom. The van der Waals surface area contributed by atoms with Crippen molar-refractivity contribution in [1.82, 2.24) is 0 Å². The highest BCUT2D eigenvalue weighted by Gasteiger charge is 2.58. The van der Waals surface area contributed by atoms with E-state index in [0.29, 0.717) is 0 Å². The normalized spacial score (nSPS) is 12.5. The van der Waals surface area contributed by atoms with Crippen LogP contribution in [0.5, 0.6) is 11.5 Å². The molecule has 13 heteroatoms. The lowest BCUT2D eigenvalue weighted by Crippen LogP contribution is -2.44. The van der Waals surface area contributed by atoms with E-state index in [1.54, 1.807) is 6.07 Å². The van der Waals surface area contributed by atoms with Crippen molar-refractivity contribution < 1.29 is 47.2 Å². The van der Waals surface area contributed by atoms with Gasteiger partial charge in [-0.15, -0.1) is 0 Å². The molecule has 0 aromatic heterocycles. The summed E-state index contributed by atoms with van der Waals surface area (Å²) in [6.07, 6.45) is -4.97. The van der Waals surface area contributed by atoms with Gasteiger partial charge in [0.05, 0.1) is 0 Å². The molecule has 0 bridgehead atoms. The van der Waals surface area contributed by atoms with Crippen molar-refractivity contribution in [3.63, 3.8) is 0 Å². The van der Waals surface area contributed by atoms with Gasteiger partial charge in [-0.3, -0.25) is 0 Å². The van der Waals surface area contributed by atoms with Gasteiger partial charge in [0.15, 0.2) is 0 Å². The molecule has 5 aromatic rings. The van der Waals surface area contributed by atoms with Gasteiger partial charge in [-0.25, -0.2) is 8.78 Å². The summed E-state index contributed by atoms with van der Waals surface area (Å²) in [6, 6.07) is 23.1. The van der Waals surface area contributed by atoms with E-state index in [4.69, 9.17) is 8.37 Å². The van der Waals surface area contributed by atoms with Gasteiger partial charge in [0.1, 0.15) is 38.3 Å². The number of alkyl halides is 3. The zero-order valence-corrected chi connectivity index (χ0v) is 24.4. The fraction of sp³-hybridized carbons (Fsp3) is 0.0625. The second kappa shape index (κ2) is 12.0. The maximum absolute atomic E-state index is 15.4. The van der Waals surface area contributed by atoms with Crippen LogP contribution >= 0.6 is 0 Å². The Labute approximate surface area is 255 Å². The lowest BCUT2D eigenvalue weighted by molar-refractivity contribution is -0.166. The molecule has 0 N–H and O–H groups in total. The Morgan fingerprint density at radius 3 is 1.11 bits per heavy atom. The topological polar surface area (TPSA) is 86.7 Å². The van der Waals surface area contributed by atoms with Crippen molar-refractivity contribution in [2.45, 2.75) is 21.4 Å². The Hall–Kier alpha value is -4.75. The van der Waals surface area contributed by atoms with E-state index in [1.807, 2.05) is 0 Å². The SMILES string of the molecule is O=S(=O)(Oc1ccc(C(c2ccccc2)(c2ccc(OS(=O)(=O)c3ccc(F)cc3)cc2)C(F)(F)F)cc1)c1ccc(F)cc1. The van der Waals surface area contributed by atoms with Crippen molar-refractivity contribution in [2.75, 3.05) is 0 Å². The highest BCUT2D eigenvalue weighted by Crippen LogP contribution is 2.51. The lowest BCUT2D eigenvalue weighted by atomic mass is 9.69. The van der Waals surface area contributed by atoms with Crippen molar-refractivity contribution in [1.29, 1.82) is 0 Å². The molecule has 232 valence electrons. The van der Waals surface area contributed by atoms with Crippen LogP contribution in [-0.2, 0) is 25.7 Å². The average Bonchev–Trinajstić information content (AvgIpc) is 2.99. The molecule has 45 heavy (non-hydrogen) atoms. The first kappa shape index (κ1) is 31.7. The third-order valence-corrected chi connectivity index (χ3v) is 9.35. The third-order valence-electron chi connectivity index (χ3n) is 6.82. The lowest BCUT2D eigenvalue weighted by Gasteiger charge is -2.37. The summed E-state index contributed by atoms with van der Waals surface area (Å²) in [5.41, 5.74) is -3.60. The fourth-order valence-electron chi connectivity index (χ4n) is 4.75. The number of benzene rings is 5. The van der Waals surface area contributed by atoms with Gasteiger partial charge in [0.2, 0.25) is 0 Å². The smallest absolute Gasteiger partial charge is 0.379 e. The minimum Gasteiger partial charge on any atom is -0.379 e. The molecule has 0 atom stereocenters. The zero-order valence-electron chi connectivity index (χ0n) is 22.8. The standard InChI is InChI=1S/C32H21F5O6S2/c33-25-10-18-29(19-11-25)44(38,39)42-27-14-6-23(7-15-27)31(32(35,36)37,22-4-2-1-3-5-22)24-8-16-28(17-9-24)43-45(40,41)30-20-12-26(34)13-21-30/h1-21H. The molecule has 0 fully saturated rings. The Bertz CT molecular complexity index is 1880. The van der Waals surface area contributed by atoms with E-state index in [0.717, 1.165) is 97.1 Å². The van der Waals surface area contributed by atoms with Crippen LogP contribution in [0, 0.1) is 11.6 Å². The average molecular weight is 661 g/mol. The molecular formula is C32H21F5O6S2. The molecule has 0 saturated carbocycles. The van der Waals surface area contributed by atoms with Crippen LogP contribution in [0.25, 0.3) is 0 Å². The van der Waals surface area contributed by atoms with Crippen LogP contribution in [0.1, 0.15) is 16.7 Å². The van der Waals surface area contributed by atoms with Gasteiger partial charge in [-0.1, -0.05) is 54.6 Å². The minimum atomic E-state index is -4.97. The molecule has 5 rings (SSSR count). The van der Waals surface area contributed by atoms with Crippen LogP contribution < -0.4 is 8.37 Å². The minimum absolute atomic E-state index is 0.183. The second-order valence-electron chi connectivity index (χ2n) is 9.65. The molecule has 0 aliphatic carbocycles. The van der Waals surface area contributed by atoms with Crippen molar-refractivity contribution in [3.8, 4) is 11.5 Å². The summed E-state index contributed by atoms with van der Waals surface area (Å²) < 4.78 is 133. The highest BCUT2D eigenvalue weighted by atomic mass is 32.2. The summed E-state index contributed by atoms with van der Waals surface area (Å²) in [6.45, 7) is 0. The number of rotatable bonds is 9. The molecule has 6 nitrogen and oxygen atoms in total. The molecule has 0 saturated heterocycles. The van der Waals surface area contributed by atoms with E-state index in [2.05, 4.69) is 0 Å². The van der Waals surface area contributed by atoms with E-state index in [-0.39, 0.29) is 38.0 Å². The Kier molecular flexibility index (Phi) is 8.43. The first-order valence-corrected chi connectivity index (χ1v) is 15.8. The van der Waals surface area contributed by atoms with Gasteiger partial charge in [0, 0.05) is 0 Å². The summed E-state index contributed by atoms with van der Waals surface area (Å²) in [5.74, 6) is -1.92. The monoisotopic (exact) mass is 660 g/mol. The largest absolute Gasteiger partial charge is 0.406 e. The van der Waals surface area contributed by atoms with Crippen LogP contribution in [0.4, 0.5) is 22.0 Å². The molecule has 0 aliphatic rings. The maximum atomic E-state index is 15.4. The second-order valence-corrected chi connectivity index (χ2v) is 12.7. The van der Waals surface area contributed by atoms with Crippen LogP contribution in [0.3, 0.4) is 0 Å². The van der Waals surface area contributed by atoms with Crippen molar-refractivity contribution >= 4 is 20.2 Å². The van der Waals surface area contributed by atoms with E-state index < -0.39 is 43.5 Å². The predicted octanol–water partition coefficient (Wildman–Crippen LogP) is 7.40. The Balaban J connectivity index is 1.54. The molecule has 0 spiro atoms. The first-order valence-electron chi connectivity index (χ1n) is 13.0. The van der Waals surface area contributed by atoms with Gasteiger partial charge in [-0.2, -0.15) is 30.0 Å². The zero-order chi connectivity index (χ0) is 32.5. The molecule has 0 aliphatic heterocycles. The van der Waals surface area contributed by atoms with Crippen LogP contribution in [0.15, 0.2) is 137 Å². The summed E-state index contributed by atoms with van der Waals surface area (Å²) in [7, 11) is -8.85. The summed E-state index contributed by atoms with van der Waals surface area (Å²) >= 11 is 0. The number of hydrogen-bond acceptors (Lipinski definition) is 6. The van der Waals surface area contributed by atoms with Gasteiger partial charge >= 0.3 is 26.4 Å². The molecule has 5 aromatic carbocycles. The van der Waals surface area contributed by atoms with E-state index >= 15 is 13.2 Å². The quantitative estimate of drug-likeness (QED) is 0.0931. The van der Waals surface area contributed by atoms with Crippen LogP contribution in [0.2, 0.25) is 0 Å². The van der Waals surface area contributed by atoms with Crippen molar-refractivity contribution in [3.05, 3.63) is 156 Å². The molecular weight excluding hydrogens is 639 g/mol.